The molecule has 0 bridgehead atoms. The van der Waals surface area contributed by atoms with E-state index in [0.717, 1.165) is 63.1 Å². The van der Waals surface area contributed by atoms with Crippen molar-refractivity contribution in [3.8, 4) is 23.0 Å². The SMILES string of the molecule is COc1ccc2c(Oc3ccc(OCCN4CCCCC4)cc3)c(C3=CC=C(OCc4ccccc4)CC3)sc2c1. The molecule has 0 atom stereocenters. The number of rotatable bonds is 11. The van der Waals surface area contributed by atoms with Gasteiger partial charge in [0.25, 0.3) is 0 Å². The number of benzene rings is 3. The second kappa shape index (κ2) is 13.3. The molecule has 0 amide bonds. The highest BCUT2D eigenvalue weighted by Crippen LogP contribution is 2.47. The van der Waals surface area contributed by atoms with E-state index >= 15 is 0 Å². The standard InChI is InChI=1S/C35H37NO4S/c1-37-31-18-19-32-33(24-31)41-35(27-10-12-29(13-11-27)39-25-26-8-4-2-5-9-26)34(32)40-30-16-14-28(15-17-30)38-23-22-36-20-6-3-7-21-36/h2,4-5,8-10,12,14-19,24H,3,6-7,11,13,20-23,25H2,1H3. The summed E-state index contributed by atoms with van der Waals surface area (Å²) in [6.45, 7) is 4.65. The summed E-state index contributed by atoms with van der Waals surface area (Å²) in [6.07, 6.45) is 9.99. The van der Waals surface area contributed by atoms with Crippen LogP contribution in [0.25, 0.3) is 15.7 Å². The number of allylic oxidation sites excluding steroid dienone is 4. The molecule has 1 saturated heterocycles. The van der Waals surface area contributed by atoms with Crippen LogP contribution in [0, 0.1) is 0 Å². The van der Waals surface area contributed by atoms with Crippen LogP contribution in [0.2, 0.25) is 0 Å². The molecular weight excluding hydrogens is 530 g/mol. The van der Waals surface area contributed by atoms with Gasteiger partial charge >= 0.3 is 0 Å². The average Bonchev–Trinajstić information content (AvgIpc) is 3.39. The number of fused-ring (bicyclic) bond motifs is 1. The number of likely N-dealkylation sites (tertiary alicyclic amines) is 1. The summed E-state index contributed by atoms with van der Waals surface area (Å²) in [5.74, 6) is 4.41. The minimum atomic E-state index is 0.588. The zero-order valence-corrected chi connectivity index (χ0v) is 24.5. The zero-order valence-electron chi connectivity index (χ0n) is 23.6. The molecule has 41 heavy (non-hydrogen) atoms. The summed E-state index contributed by atoms with van der Waals surface area (Å²) in [5, 5.41) is 1.09. The number of nitrogens with zero attached hydrogens (tertiary/aromatic N) is 1. The van der Waals surface area contributed by atoms with E-state index in [9.17, 15) is 0 Å². The number of piperidine rings is 1. The monoisotopic (exact) mass is 567 g/mol. The van der Waals surface area contributed by atoms with Gasteiger partial charge in [-0.25, -0.2) is 0 Å². The molecule has 0 spiro atoms. The van der Waals surface area contributed by atoms with E-state index in [1.54, 1.807) is 18.4 Å². The Balaban J connectivity index is 1.17. The topological polar surface area (TPSA) is 40.2 Å². The fourth-order valence-electron chi connectivity index (χ4n) is 5.37. The summed E-state index contributed by atoms with van der Waals surface area (Å²) < 4.78 is 25.4. The molecule has 0 unspecified atom stereocenters. The molecule has 3 aromatic carbocycles. The van der Waals surface area contributed by atoms with Crippen LogP contribution in [0.5, 0.6) is 23.0 Å². The van der Waals surface area contributed by atoms with E-state index < -0.39 is 0 Å². The van der Waals surface area contributed by atoms with E-state index in [1.807, 2.05) is 48.5 Å². The molecule has 6 rings (SSSR count). The zero-order chi connectivity index (χ0) is 27.9. The van der Waals surface area contributed by atoms with Crippen molar-refractivity contribution >= 4 is 27.0 Å². The van der Waals surface area contributed by atoms with Gasteiger partial charge in [-0.2, -0.15) is 0 Å². The Bertz CT molecular complexity index is 1500. The van der Waals surface area contributed by atoms with Crippen LogP contribution in [0.1, 0.15) is 42.5 Å². The average molecular weight is 568 g/mol. The normalized spacial score (nSPS) is 15.7. The Labute approximate surface area is 246 Å². The third kappa shape index (κ3) is 6.95. The molecular formula is C35H37NO4S. The smallest absolute Gasteiger partial charge is 0.153 e. The quantitative estimate of drug-likeness (QED) is 0.181. The molecule has 1 aliphatic carbocycles. The largest absolute Gasteiger partial charge is 0.497 e. The van der Waals surface area contributed by atoms with Crippen molar-refractivity contribution in [3.05, 3.63) is 101 Å². The second-order valence-electron chi connectivity index (χ2n) is 10.5. The van der Waals surface area contributed by atoms with Gasteiger partial charge in [-0.1, -0.05) is 42.8 Å². The minimum Gasteiger partial charge on any atom is -0.497 e. The van der Waals surface area contributed by atoms with Gasteiger partial charge in [0.05, 0.1) is 17.7 Å². The van der Waals surface area contributed by atoms with Crippen molar-refractivity contribution < 1.29 is 18.9 Å². The van der Waals surface area contributed by atoms with E-state index in [0.29, 0.717) is 13.2 Å². The van der Waals surface area contributed by atoms with Crippen LogP contribution in [-0.2, 0) is 11.3 Å². The van der Waals surface area contributed by atoms with Gasteiger partial charge in [0.15, 0.2) is 5.75 Å². The lowest BCUT2D eigenvalue weighted by molar-refractivity contribution is 0.183. The molecule has 0 radical (unpaired) electrons. The van der Waals surface area contributed by atoms with Gasteiger partial charge in [0.1, 0.15) is 30.5 Å². The van der Waals surface area contributed by atoms with E-state index in [1.165, 1.54) is 43.5 Å². The highest BCUT2D eigenvalue weighted by molar-refractivity contribution is 7.20. The third-order valence-corrected chi connectivity index (χ3v) is 8.90. The van der Waals surface area contributed by atoms with Crippen LogP contribution in [0.15, 0.2) is 90.7 Å². The van der Waals surface area contributed by atoms with E-state index in [4.69, 9.17) is 18.9 Å². The molecule has 212 valence electrons. The van der Waals surface area contributed by atoms with Crippen LogP contribution >= 0.6 is 11.3 Å². The first-order valence-corrected chi connectivity index (χ1v) is 15.4. The van der Waals surface area contributed by atoms with Gasteiger partial charge in [0, 0.05) is 23.1 Å². The summed E-state index contributed by atoms with van der Waals surface area (Å²) in [4.78, 5) is 3.64. The van der Waals surface area contributed by atoms with Gasteiger partial charge < -0.3 is 18.9 Å². The van der Waals surface area contributed by atoms with E-state index in [-0.39, 0.29) is 0 Å². The first kappa shape index (κ1) is 27.4. The Hall–Kier alpha value is -3.74. The summed E-state index contributed by atoms with van der Waals surface area (Å²) >= 11 is 1.75. The van der Waals surface area contributed by atoms with Crippen molar-refractivity contribution in [1.82, 2.24) is 4.90 Å². The highest BCUT2D eigenvalue weighted by Gasteiger charge is 2.21. The van der Waals surface area contributed by atoms with Crippen molar-refractivity contribution in [1.29, 1.82) is 0 Å². The maximum Gasteiger partial charge on any atom is 0.153 e. The van der Waals surface area contributed by atoms with E-state index in [2.05, 4.69) is 41.3 Å². The lowest BCUT2D eigenvalue weighted by Crippen LogP contribution is -2.33. The second-order valence-corrected chi connectivity index (χ2v) is 11.6. The highest BCUT2D eigenvalue weighted by atomic mass is 32.1. The lowest BCUT2D eigenvalue weighted by atomic mass is 10.0. The fraction of sp³-hybridized carbons (Fsp3) is 0.314. The Kier molecular flexibility index (Phi) is 8.89. The molecule has 1 aromatic heterocycles. The molecule has 4 aromatic rings. The lowest BCUT2D eigenvalue weighted by Gasteiger charge is -2.26. The minimum absolute atomic E-state index is 0.588. The van der Waals surface area contributed by atoms with Crippen molar-refractivity contribution in [2.45, 2.75) is 38.7 Å². The maximum absolute atomic E-state index is 6.59. The number of thiophene rings is 1. The van der Waals surface area contributed by atoms with Crippen LogP contribution in [0.4, 0.5) is 0 Å². The van der Waals surface area contributed by atoms with Crippen molar-refractivity contribution in [2.75, 3.05) is 33.4 Å². The number of methoxy groups -OCH3 is 1. The molecule has 2 aliphatic rings. The van der Waals surface area contributed by atoms with Gasteiger partial charge in [-0.05, 0) is 92.0 Å². The van der Waals surface area contributed by atoms with Gasteiger partial charge in [-0.3, -0.25) is 4.90 Å². The molecule has 6 heteroatoms. The Morgan fingerprint density at radius 1 is 0.780 bits per heavy atom. The van der Waals surface area contributed by atoms with Crippen molar-refractivity contribution in [3.63, 3.8) is 0 Å². The Morgan fingerprint density at radius 3 is 2.32 bits per heavy atom. The number of hydrogen-bond donors (Lipinski definition) is 0. The maximum atomic E-state index is 6.59. The summed E-state index contributed by atoms with van der Waals surface area (Å²) in [7, 11) is 1.70. The molecule has 0 N–H and O–H groups in total. The molecule has 1 aliphatic heterocycles. The number of ether oxygens (including phenoxy) is 4. The predicted molar refractivity (Wildman–Crippen MR) is 167 cm³/mol. The molecule has 1 fully saturated rings. The molecule has 0 saturated carbocycles. The third-order valence-electron chi connectivity index (χ3n) is 7.69. The predicted octanol–water partition coefficient (Wildman–Crippen LogP) is 8.84. The van der Waals surface area contributed by atoms with Crippen LogP contribution in [0.3, 0.4) is 0 Å². The first-order valence-electron chi connectivity index (χ1n) is 14.6. The van der Waals surface area contributed by atoms with Crippen LogP contribution in [-0.4, -0.2) is 38.3 Å². The van der Waals surface area contributed by atoms with Crippen LogP contribution < -0.4 is 14.2 Å². The fourth-order valence-corrected chi connectivity index (χ4v) is 6.58. The molecule has 2 heterocycles. The first-order chi connectivity index (χ1) is 20.2. The summed E-state index contributed by atoms with van der Waals surface area (Å²) in [6, 6.07) is 24.5. The molecule has 5 nitrogen and oxygen atoms in total. The van der Waals surface area contributed by atoms with Gasteiger partial charge in [-0.15, -0.1) is 11.3 Å². The summed E-state index contributed by atoms with van der Waals surface area (Å²) in [5.41, 5.74) is 2.43. The van der Waals surface area contributed by atoms with Crippen molar-refractivity contribution in [2.24, 2.45) is 0 Å². The van der Waals surface area contributed by atoms with Gasteiger partial charge in [0.2, 0.25) is 0 Å². The number of hydrogen-bond acceptors (Lipinski definition) is 6. The Morgan fingerprint density at radius 2 is 1.56 bits per heavy atom.